The van der Waals surface area contributed by atoms with E-state index in [1.807, 2.05) is 24.8 Å². The van der Waals surface area contributed by atoms with E-state index in [2.05, 4.69) is 32.7 Å². The molecule has 0 unspecified atom stereocenters. The van der Waals surface area contributed by atoms with E-state index in [-0.39, 0.29) is 17.5 Å². The minimum atomic E-state index is -0.710. The Hall–Kier alpha value is -1.01. The van der Waals surface area contributed by atoms with Gasteiger partial charge >= 0.3 is 0 Å². The molecule has 1 aliphatic carbocycles. The van der Waals surface area contributed by atoms with Gasteiger partial charge in [0.05, 0.1) is 16.8 Å². The topological polar surface area (TPSA) is 36.4 Å². The Labute approximate surface area is 156 Å². The van der Waals surface area contributed by atoms with Crippen molar-refractivity contribution in [3.63, 3.8) is 0 Å². The lowest BCUT2D eigenvalue weighted by Crippen LogP contribution is -2.64. The number of likely N-dealkylation sites (tertiary alicyclic amines) is 1. The van der Waals surface area contributed by atoms with Crippen LogP contribution >= 0.6 is 15.9 Å². The molecule has 0 N–H and O–H groups in total. The van der Waals surface area contributed by atoms with Crippen molar-refractivity contribution in [2.75, 3.05) is 18.0 Å². The number of alkyl halides is 1. The molecule has 6 heteroatoms. The molecule has 1 atom stereocenters. The summed E-state index contributed by atoms with van der Waals surface area (Å²) in [7, 11) is 0. The molecule has 136 valence electrons. The summed E-state index contributed by atoms with van der Waals surface area (Å²) in [6.07, 6.45) is 4.45. The quantitative estimate of drug-likeness (QED) is 0.744. The van der Waals surface area contributed by atoms with Crippen LogP contribution < -0.4 is 4.90 Å². The first-order valence-electron chi connectivity index (χ1n) is 9.11. The third kappa shape index (κ3) is 2.64. The van der Waals surface area contributed by atoms with Crippen LogP contribution in [0.4, 0.5) is 10.1 Å². The fraction of sp³-hybridized carbons (Fsp3) is 0.684. The van der Waals surface area contributed by atoms with Crippen molar-refractivity contribution in [1.29, 1.82) is 0 Å². The first kappa shape index (κ1) is 17.4. The fourth-order valence-corrected chi connectivity index (χ4v) is 5.10. The molecule has 0 bridgehead atoms. The zero-order chi connectivity index (χ0) is 18.0. The van der Waals surface area contributed by atoms with E-state index in [1.165, 1.54) is 0 Å². The zero-order valence-electron chi connectivity index (χ0n) is 15.1. The molecule has 2 fully saturated rings. The monoisotopic (exact) mass is 409 g/mol. The lowest BCUT2D eigenvalue weighted by molar-refractivity contribution is -0.124. The van der Waals surface area contributed by atoms with E-state index in [1.54, 1.807) is 6.20 Å². The Bertz CT molecular complexity index is 717. The van der Waals surface area contributed by atoms with Crippen LogP contribution in [0.5, 0.6) is 0 Å². The molecule has 4 rings (SSSR count). The van der Waals surface area contributed by atoms with Crippen molar-refractivity contribution in [2.24, 2.45) is 0 Å². The number of hydrogen-bond donors (Lipinski definition) is 0. The van der Waals surface area contributed by atoms with E-state index in [4.69, 9.17) is 0 Å². The van der Waals surface area contributed by atoms with Crippen molar-refractivity contribution < 1.29 is 9.18 Å². The van der Waals surface area contributed by atoms with Gasteiger partial charge in [-0.25, -0.2) is 4.39 Å². The largest absolute Gasteiger partial charge is 0.307 e. The highest BCUT2D eigenvalue weighted by Crippen LogP contribution is 2.49. The maximum atomic E-state index is 13.8. The Balaban J connectivity index is 1.56. The molecule has 0 spiro atoms. The lowest BCUT2D eigenvalue weighted by Gasteiger charge is -2.56. The minimum absolute atomic E-state index is 0.00203. The van der Waals surface area contributed by atoms with Gasteiger partial charge in [0.1, 0.15) is 6.17 Å². The number of amides is 1. The maximum Gasteiger partial charge on any atom is 0.239 e. The Morgan fingerprint density at radius 1 is 1.32 bits per heavy atom. The molecule has 1 aromatic rings. The van der Waals surface area contributed by atoms with Crippen molar-refractivity contribution in [3.05, 3.63) is 22.4 Å². The maximum absolute atomic E-state index is 13.8. The highest BCUT2D eigenvalue weighted by atomic mass is 79.9. The molecule has 0 aromatic carbocycles. The van der Waals surface area contributed by atoms with Crippen molar-refractivity contribution in [2.45, 2.75) is 69.6 Å². The van der Waals surface area contributed by atoms with Crippen LogP contribution in [-0.4, -0.2) is 46.6 Å². The van der Waals surface area contributed by atoms with Gasteiger partial charge in [0.25, 0.3) is 0 Å². The number of pyridine rings is 1. The van der Waals surface area contributed by atoms with E-state index < -0.39 is 11.6 Å². The van der Waals surface area contributed by atoms with Crippen LogP contribution in [0.1, 0.15) is 52.1 Å². The number of anilines is 1. The van der Waals surface area contributed by atoms with Crippen LogP contribution in [0.3, 0.4) is 0 Å². The summed E-state index contributed by atoms with van der Waals surface area (Å²) >= 11 is 3.48. The highest BCUT2D eigenvalue weighted by molar-refractivity contribution is 9.10. The van der Waals surface area contributed by atoms with Gasteiger partial charge < -0.3 is 4.90 Å². The molecule has 1 aromatic heterocycles. The molecular weight excluding hydrogens is 385 g/mol. The second-order valence-corrected chi connectivity index (χ2v) is 9.48. The SMILES string of the molecule is CC1(C)C(=O)N([C@H]2C[C@@](C)(N3CCC[C@@H](F)C3)C2)c2cc(Br)cnc21. The number of halogens is 2. The average molecular weight is 410 g/mol. The molecule has 25 heavy (non-hydrogen) atoms. The molecule has 1 saturated carbocycles. The van der Waals surface area contributed by atoms with Crippen LogP contribution in [0.2, 0.25) is 0 Å². The molecule has 3 heterocycles. The molecule has 1 amide bonds. The molecule has 2 aliphatic heterocycles. The number of rotatable bonds is 2. The Morgan fingerprint density at radius 2 is 2.04 bits per heavy atom. The summed E-state index contributed by atoms with van der Waals surface area (Å²) in [6, 6.07) is 2.18. The Morgan fingerprint density at radius 3 is 2.72 bits per heavy atom. The predicted molar refractivity (Wildman–Crippen MR) is 99.6 cm³/mol. The van der Waals surface area contributed by atoms with Gasteiger partial charge in [-0.15, -0.1) is 0 Å². The van der Waals surface area contributed by atoms with Gasteiger partial charge in [-0.1, -0.05) is 0 Å². The molecule has 0 radical (unpaired) electrons. The van der Waals surface area contributed by atoms with Gasteiger partial charge in [-0.2, -0.15) is 0 Å². The summed E-state index contributed by atoms with van der Waals surface area (Å²) in [6.45, 7) is 7.61. The van der Waals surface area contributed by atoms with Gasteiger partial charge in [-0.3, -0.25) is 14.7 Å². The second-order valence-electron chi connectivity index (χ2n) is 8.57. The molecule has 1 saturated heterocycles. The molecule has 4 nitrogen and oxygen atoms in total. The van der Waals surface area contributed by atoms with Gasteiger partial charge in [0.15, 0.2) is 0 Å². The average Bonchev–Trinajstić information content (AvgIpc) is 2.71. The van der Waals surface area contributed by atoms with Gasteiger partial charge in [0.2, 0.25) is 5.91 Å². The summed E-state index contributed by atoms with van der Waals surface area (Å²) in [5.74, 6) is 0.127. The van der Waals surface area contributed by atoms with Crippen molar-refractivity contribution >= 4 is 27.5 Å². The summed E-state index contributed by atoms with van der Waals surface area (Å²) in [4.78, 5) is 21.8. The number of carbonyl (C=O) groups excluding carboxylic acids is 1. The molecule has 3 aliphatic rings. The first-order valence-corrected chi connectivity index (χ1v) is 9.90. The standard InChI is InChI=1S/C19H25BrFN3O/c1-18(2)16-15(7-12(20)10-22-16)24(17(18)25)14-8-19(3,9-14)23-6-4-5-13(21)11-23/h7,10,13-14H,4-6,8-9,11H2,1-3H3/t13-,14-,19+/m1/s1. The summed E-state index contributed by atoms with van der Waals surface area (Å²) < 4.78 is 14.7. The number of piperidine rings is 1. The number of fused-ring (bicyclic) bond motifs is 1. The minimum Gasteiger partial charge on any atom is -0.307 e. The van der Waals surface area contributed by atoms with Gasteiger partial charge in [0, 0.05) is 28.8 Å². The molecular formula is C19H25BrFN3O. The normalized spacial score (nSPS) is 34.8. The van der Waals surface area contributed by atoms with E-state index in [0.29, 0.717) is 13.0 Å². The number of carbonyl (C=O) groups is 1. The smallest absolute Gasteiger partial charge is 0.239 e. The van der Waals surface area contributed by atoms with Crippen LogP contribution in [-0.2, 0) is 10.2 Å². The van der Waals surface area contributed by atoms with Crippen molar-refractivity contribution in [3.8, 4) is 0 Å². The van der Waals surface area contributed by atoms with Crippen molar-refractivity contribution in [1.82, 2.24) is 9.88 Å². The third-order valence-corrected chi connectivity index (χ3v) is 6.72. The summed E-state index contributed by atoms with van der Waals surface area (Å²) in [5.41, 5.74) is 1.20. The number of aromatic nitrogens is 1. The third-order valence-electron chi connectivity index (χ3n) is 6.28. The van der Waals surface area contributed by atoms with Crippen LogP contribution in [0.15, 0.2) is 16.7 Å². The van der Waals surface area contributed by atoms with Crippen LogP contribution in [0.25, 0.3) is 0 Å². The van der Waals surface area contributed by atoms with E-state index >= 15 is 0 Å². The highest BCUT2D eigenvalue weighted by Gasteiger charge is 2.55. The second kappa shape index (κ2) is 5.74. The lowest BCUT2D eigenvalue weighted by atomic mass is 9.71. The van der Waals surface area contributed by atoms with Crippen LogP contribution in [0, 0.1) is 0 Å². The zero-order valence-corrected chi connectivity index (χ0v) is 16.6. The number of hydrogen-bond acceptors (Lipinski definition) is 3. The number of nitrogens with zero attached hydrogens (tertiary/aromatic N) is 3. The predicted octanol–water partition coefficient (Wildman–Crippen LogP) is 3.82. The van der Waals surface area contributed by atoms with E-state index in [0.717, 1.165) is 41.7 Å². The fourth-order valence-electron chi connectivity index (χ4n) is 4.78. The van der Waals surface area contributed by atoms with E-state index in [9.17, 15) is 9.18 Å². The first-order chi connectivity index (χ1) is 11.7. The van der Waals surface area contributed by atoms with Gasteiger partial charge in [-0.05, 0) is 75.0 Å². The Kier molecular flexibility index (Phi) is 4.00. The summed E-state index contributed by atoms with van der Waals surface area (Å²) in [5, 5.41) is 0.